The van der Waals surface area contributed by atoms with Crippen LogP contribution in [0.3, 0.4) is 0 Å². The highest BCUT2D eigenvalue weighted by molar-refractivity contribution is 5.69. The Morgan fingerprint density at radius 1 is 0.706 bits per heavy atom. The molecule has 1 fully saturated rings. The van der Waals surface area contributed by atoms with Crippen molar-refractivity contribution in [2.24, 2.45) is 11.8 Å². The van der Waals surface area contributed by atoms with Crippen molar-refractivity contribution in [3.05, 3.63) is 0 Å². The van der Waals surface area contributed by atoms with Gasteiger partial charge in [-0.05, 0) is 51.6 Å². The second-order valence-electron chi connectivity index (χ2n) is 11.5. The van der Waals surface area contributed by atoms with E-state index in [-0.39, 0.29) is 5.97 Å². The van der Waals surface area contributed by atoms with E-state index in [1.165, 1.54) is 122 Å². The Morgan fingerprint density at radius 2 is 1.21 bits per heavy atom. The van der Waals surface area contributed by atoms with E-state index in [0.29, 0.717) is 18.9 Å². The lowest BCUT2D eigenvalue weighted by atomic mass is 9.99. The van der Waals surface area contributed by atoms with Crippen LogP contribution in [0, 0.1) is 11.8 Å². The molecule has 0 N–H and O–H groups in total. The lowest BCUT2D eigenvalue weighted by Gasteiger charge is -2.24. The minimum absolute atomic E-state index is 0.0373. The molecule has 0 spiro atoms. The SMILES string of the molecule is CCCCCCCCCC(CCCCCCC(=O)OCC1CC1CCCCCCCC)N(C)C. The summed E-state index contributed by atoms with van der Waals surface area (Å²) in [6.45, 7) is 5.24. The minimum atomic E-state index is 0.0373. The van der Waals surface area contributed by atoms with E-state index >= 15 is 0 Å². The third kappa shape index (κ3) is 17.8. The Balaban J connectivity index is 1.92. The molecule has 0 aliphatic heterocycles. The summed E-state index contributed by atoms with van der Waals surface area (Å²) in [6.07, 6.45) is 28.6. The number of unbranched alkanes of at least 4 members (excludes halogenated alkanes) is 14. The highest BCUT2D eigenvalue weighted by Crippen LogP contribution is 2.42. The van der Waals surface area contributed by atoms with Gasteiger partial charge in [0.05, 0.1) is 6.61 Å². The van der Waals surface area contributed by atoms with Crippen molar-refractivity contribution in [2.75, 3.05) is 20.7 Å². The van der Waals surface area contributed by atoms with E-state index in [9.17, 15) is 4.79 Å². The monoisotopic (exact) mass is 479 g/mol. The Labute approximate surface area is 214 Å². The molecule has 0 bridgehead atoms. The molecule has 0 heterocycles. The topological polar surface area (TPSA) is 29.5 Å². The van der Waals surface area contributed by atoms with Crippen LogP contribution in [0.1, 0.15) is 155 Å². The molecule has 0 saturated heterocycles. The average Bonchev–Trinajstić information content (AvgIpc) is 3.58. The van der Waals surface area contributed by atoms with Crippen LogP contribution >= 0.6 is 0 Å². The summed E-state index contributed by atoms with van der Waals surface area (Å²) < 4.78 is 5.57. The lowest BCUT2D eigenvalue weighted by Crippen LogP contribution is -2.27. The fraction of sp³-hybridized carbons (Fsp3) is 0.968. The van der Waals surface area contributed by atoms with Crippen molar-refractivity contribution in [3.8, 4) is 0 Å². The van der Waals surface area contributed by atoms with Crippen molar-refractivity contribution < 1.29 is 9.53 Å². The molecule has 0 aromatic heterocycles. The van der Waals surface area contributed by atoms with E-state index in [1.807, 2.05) is 0 Å². The molecule has 3 atom stereocenters. The molecular weight excluding hydrogens is 418 g/mol. The van der Waals surface area contributed by atoms with Gasteiger partial charge in [-0.1, -0.05) is 123 Å². The second-order valence-corrected chi connectivity index (χ2v) is 11.5. The van der Waals surface area contributed by atoms with Crippen LogP contribution < -0.4 is 0 Å². The van der Waals surface area contributed by atoms with Crippen molar-refractivity contribution >= 4 is 5.97 Å². The summed E-state index contributed by atoms with van der Waals surface area (Å²) in [5, 5.41) is 0. The number of nitrogens with zero attached hydrogens (tertiary/aromatic N) is 1. The van der Waals surface area contributed by atoms with Gasteiger partial charge >= 0.3 is 5.97 Å². The molecule has 34 heavy (non-hydrogen) atoms. The van der Waals surface area contributed by atoms with Gasteiger partial charge in [0.2, 0.25) is 0 Å². The summed E-state index contributed by atoms with van der Waals surface area (Å²) >= 11 is 0. The van der Waals surface area contributed by atoms with Crippen molar-refractivity contribution in [1.29, 1.82) is 0 Å². The predicted molar refractivity (Wildman–Crippen MR) is 148 cm³/mol. The maximum atomic E-state index is 12.1. The zero-order valence-corrected chi connectivity index (χ0v) is 23.8. The van der Waals surface area contributed by atoms with Crippen LogP contribution in [0.4, 0.5) is 0 Å². The third-order valence-electron chi connectivity index (χ3n) is 8.00. The normalized spacial score (nSPS) is 18.4. The molecule has 1 aliphatic rings. The summed E-state index contributed by atoms with van der Waals surface area (Å²) in [7, 11) is 4.47. The molecule has 1 aliphatic carbocycles. The second kappa shape index (κ2) is 21.7. The fourth-order valence-electron chi connectivity index (χ4n) is 5.33. The van der Waals surface area contributed by atoms with E-state index in [0.717, 1.165) is 24.8 Å². The van der Waals surface area contributed by atoms with Crippen molar-refractivity contribution in [1.82, 2.24) is 4.90 Å². The van der Waals surface area contributed by atoms with Gasteiger partial charge in [0.15, 0.2) is 0 Å². The van der Waals surface area contributed by atoms with Gasteiger partial charge in [-0.15, -0.1) is 0 Å². The summed E-state index contributed by atoms with van der Waals surface area (Å²) in [6, 6.07) is 0.725. The molecule has 1 saturated carbocycles. The first-order valence-electron chi connectivity index (χ1n) is 15.4. The first-order valence-corrected chi connectivity index (χ1v) is 15.4. The summed E-state index contributed by atoms with van der Waals surface area (Å²) in [5.74, 6) is 1.54. The standard InChI is InChI=1S/C31H61NO2/c1-5-7-9-11-13-15-19-23-30(32(3)4)24-20-16-17-21-25-31(33)34-27-29-26-28(29)22-18-14-12-10-8-6-2/h28-30H,5-27H2,1-4H3. The summed E-state index contributed by atoms with van der Waals surface area (Å²) in [5.41, 5.74) is 0. The highest BCUT2D eigenvalue weighted by Gasteiger charge is 2.37. The molecule has 3 nitrogen and oxygen atoms in total. The number of carbonyl (C=O) groups excluding carboxylic acids is 1. The van der Waals surface area contributed by atoms with Crippen LogP contribution in [0.15, 0.2) is 0 Å². The molecule has 3 heteroatoms. The average molecular weight is 480 g/mol. The van der Waals surface area contributed by atoms with Crippen LogP contribution in [0.2, 0.25) is 0 Å². The first-order chi connectivity index (χ1) is 16.6. The predicted octanol–water partition coefficient (Wildman–Crippen LogP) is 9.33. The van der Waals surface area contributed by atoms with E-state index in [1.54, 1.807) is 0 Å². The molecular formula is C31H61NO2. The van der Waals surface area contributed by atoms with E-state index < -0.39 is 0 Å². The first kappa shape index (κ1) is 31.5. The van der Waals surface area contributed by atoms with Gasteiger partial charge in [0.25, 0.3) is 0 Å². The molecule has 0 amide bonds. The number of ether oxygens (including phenoxy) is 1. The maximum Gasteiger partial charge on any atom is 0.305 e. The van der Waals surface area contributed by atoms with Crippen LogP contribution in [-0.2, 0) is 9.53 Å². The van der Waals surface area contributed by atoms with E-state index in [4.69, 9.17) is 4.74 Å². The van der Waals surface area contributed by atoms with Crippen LogP contribution in [0.5, 0.6) is 0 Å². The minimum Gasteiger partial charge on any atom is -0.465 e. The Hall–Kier alpha value is -0.570. The largest absolute Gasteiger partial charge is 0.465 e. The molecule has 0 radical (unpaired) electrons. The Bertz CT molecular complexity index is 464. The number of rotatable bonds is 25. The highest BCUT2D eigenvalue weighted by atomic mass is 16.5. The number of esters is 1. The van der Waals surface area contributed by atoms with Gasteiger partial charge < -0.3 is 9.64 Å². The van der Waals surface area contributed by atoms with Gasteiger partial charge in [0.1, 0.15) is 0 Å². The van der Waals surface area contributed by atoms with Gasteiger partial charge in [-0.25, -0.2) is 0 Å². The van der Waals surface area contributed by atoms with Crippen LogP contribution in [-0.4, -0.2) is 37.6 Å². The zero-order chi connectivity index (χ0) is 24.9. The molecule has 1 rings (SSSR count). The molecule has 0 aromatic carbocycles. The number of carbonyl (C=O) groups is 1. The van der Waals surface area contributed by atoms with Gasteiger partial charge in [-0.2, -0.15) is 0 Å². The van der Waals surface area contributed by atoms with E-state index in [2.05, 4.69) is 32.8 Å². The zero-order valence-electron chi connectivity index (χ0n) is 23.8. The molecule has 202 valence electrons. The molecule has 3 unspecified atom stereocenters. The van der Waals surface area contributed by atoms with Gasteiger partial charge in [0, 0.05) is 12.5 Å². The van der Waals surface area contributed by atoms with Crippen molar-refractivity contribution in [3.63, 3.8) is 0 Å². The Kier molecular flexibility index (Phi) is 20.1. The summed E-state index contributed by atoms with van der Waals surface area (Å²) in [4.78, 5) is 14.5. The Morgan fingerprint density at radius 3 is 1.76 bits per heavy atom. The van der Waals surface area contributed by atoms with Crippen molar-refractivity contribution in [2.45, 2.75) is 161 Å². The van der Waals surface area contributed by atoms with Crippen LogP contribution in [0.25, 0.3) is 0 Å². The number of hydrogen-bond acceptors (Lipinski definition) is 3. The number of hydrogen-bond donors (Lipinski definition) is 0. The fourth-order valence-corrected chi connectivity index (χ4v) is 5.33. The molecule has 0 aromatic rings. The quantitative estimate of drug-likeness (QED) is 0.0964. The smallest absolute Gasteiger partial charge is 0.305 e. The lowest BCUT2D eigenvalue weighted by molar-refractivity contribution is -0.144. The maximum absolute atomic E-state index is 12.1. The van der Waals surface area contributed by atoms with Gasteiger partial charge in [-0.3, -0.25) is 4.79 Å². The third-order valence-corrected chi connectivity index (χ3v) is 8.00.